The van der Waals surface area contributed by atoms with Crippen molar-refractivity contribution in [1.82, 2.24) is 0 Å². The van der Waals surface area contributed by atoms with Gasteiger partial charge in [0.25, 0.3) is 0 Å². The van der Waals surface area contributed by atoms with Crippen LogP contribution in [0, 0.1) is 0 Å². The fourth-order valence-electron chi connectivity index (χ4n) is 3.54. The van der Waals surface area contributed by atoms with Crippen LogP contribution >= 0.6 is 0 Å². The first-order valence-corrected chi connectivity index (χ1v) is 8.84. The minimum atomic E-state index is 0.968. The summed E-state index contributed by atoms with van der Waals surface area (Å²) in [5.41, 5.74) is 4.21. The Morgan fingerprint density at radius 1 is 0.538 bits per heavy atom. The third kappa shape index (κ3) is 2.70. The molecule has 0 aliphatic heterocycles. The van der Waals surface area contributed by atoms with Gasteiger partial charge in [0.1, 0.15) is 0 Å². The van der Waals surface area contributed by atoms with E-state index in [0.29, 0.717) is 0 Å². The van der Waals surface area contributed by atoms with Crippen LogP contribution in [0.2, 0.25) is 0 Å². The van der Waals surface area contributed by atoms with E-state index in [-0.39, 0.29) is 0 Å². The van der Waals surface area contributed by atoms with Crippen molar-refractivity contribution in [3.63, 3.8) is 0 Å². The summed E-state index contributed by atoms with van der Waals surface area (Å²) in [4.78, 5) is 9.33. The van der Waals surface area contributed by atoms with Crippen LogP contribution < -0.4 is 0 Å². The maximum atomic E-state index is 4.66. The molecule has 0 N–H and O–H groups in total. The lowest BCUT2D eigenvalue weighted by atomic mass is 9.91. The highest BCUT2D eigenvalue weighted by atomic mass is 14.7. The monoisotopic (exact) mass is 336 g/mol. The number of hydrogen-bond acceptors (Lipinski definition) is 2. The quantitative estimate of drug-likeness (QED) is 0.356. The fourth-order valence-corrected chi connectivity index (χ4v) is 3.54. The van der Waals surface area contributed by atoms with Crippen LogP contribution in [-0.4, -0.2) is 12.4 Å². The second kappa shape index (κ2) is 6.93. The topological polar surface area (TPSA) is 24.7 Å². The molecule has 2 nitrogen and oxygen atoms in total. The van der Waals surface area contributed by atoms with Crippen molar-refractivity contribution in [2.75, 3.05) is 0 Å². The average molecular weight is 336 g/mol. The number of benzene rings is 4. The Morgan fingerprint density at radius 3 is 1.38 bits per heavy atom. The fraction of sp³-hybridized carbons (Fsp3) is 0.0833. The standard InChI is InChI=1S/C24H20N2/c1-3-25-21-15-13-17-9-5-7-11-19(17)23(21)24-20-12-8-6-10-18(20)14-16-22(24)26-4-2/h3-16H,1-2H3. The predicted octanol–water partition coefficient (Wildman–Crippen LogP) is 7.10. The van der Waals surface area contributed by atoms with E-state index in [2.05, 4.69) is 82.8 Å². The molecule has 4 aromatic rings. The molecule has 0 saturated heterocycles. The minimum Gasteiger partial charge on any atom is -0.261 e. The van der Waals surface area contributed by atoms with Crippen LogP contribution in [0.5, 0.6) is 0 Å². The Hall–Kier alpha value is -3.26. The highest BCUT2D eigenvalue weighted by Gasteiger charge is 2.16. The molecule has 0 fully saturated rings. The van der Waals surface area contributed by atoms with Gasteiger partial charge in [-0.3, -0.25) is 9.98 Å². The molecule has 4 aromatic carbocycles. The first-order valence-electron chi connectivity index (χ1n) is 8.84. The molecule has 0 bridgehead atoms. The number of hydrogen-bond donors (Lipinski definition) is 0. The van der Waals surface area contributed by atoms with Gasteiger partial charge in [0.05, 0.1) is 11.4 Å². The summed E-state index contributed by atoms with van der Waals surface area (Å²) in [6.07, 6.45) is 3.70. The number of nitrogens with zero attached hydrogens (tertiary/aromatic N) is 2. The molecule has 0 aliphatic rings. The van der Waals surface area contributed by atoms with Crippen molar-refractivity contribution in [3.05, 3.63) is 72.8 Å². The van der Waals surface area contributed by atoms with Gasteiger partial charge < -0.3 is 0 Å². The van der Waals surface area contributed by atoms with Gasteiger partial charge in [-0.25, -0.2) is 0 Å². The van der Waals surface area contributed by atoms with Crippen molar-refractivity contribution in [1.29, 1.82) is 0 Å². The van der Waals surface area contributed by atoms with Crippen LogP contribution in [-0.2, 0) is 0 Å². The van der Waals surface area contributed by atoms with Gasteiger partial charge in [0.15, 0.2) is 0 Å². The zero-order valence-corrected chi connectivity index (χ0v) is 15.0. The molecule has 126 valence electrons. The normalized spacial score (nSPS) is 11.9. The van der Waals surface area contributed by atoms with Crippen LogP contribution in [0.4, 0.5) is 11.4 Å². The van der Waals surface area contributed by atoms with Gasteiger partial charge in [-0.05, 0) is 47.5 Å². The first kappa shape index (κ1) is 16.2. The van der Waals surface area contributed by atoms with Crippen molar-refractivity contribution in [3.8, 4) is 11.1 Å². The summed E-state index contributed by atoms with van der Waals surface area (Å²) in [5, 5.41) is 4.80. The van der Waals surface area contributed by atoms with Crippen LogP contribution in [0.15, 0.2) is 82.8 Å². The molecule has 0 aliphatic carbocycles. The molecular weight excluding hydrogens is 316 g/mol. The second-order valence-corrected chi connectivity index (χ2v) is 6.14. The zero-order chi connectivity index (χ0) is 17.9. The first-order chi connectivity index (χ1) is 12.8. The smallest absolute Gasteiger partial charge is 0.0711 e. The zero-order valence-electron chi connectivity index (χ0n) is 15.0. The van der Waals surface area contributed by atoms with Crippen molar-refractivity contribution >= 4 is 45.3 Å². The van der Waals surface area contributed by atoms with E-state index in [1.165, 1.54) is 21.5 Å². The lowest BCUT2D eigenvalue weighted by Gasteiger charge is -2.15. The molecule has 0 heterocycles. The summed E-state index contributed by atoms with van der Waals surface area (Å²) in [7, 11) is 0. The lowest BCUT2D eigenvalue weighted by molar-refractivity contribution is 1.51. The molecule has 0 radical (unpaired) electrons. The third-order valence-electron chi connectivity index (χ3n) is 4.60. The van der Waals surface area contributed by atoms with E-state index in [1.807, 2.05) is 26.3 Å². The van der Waals surface area contributed by atoms with Crippen molar-refractivity contribution < 1.29 is 0 Å². The predicted molar refractivity (Wildman–Crippen MR) is 115 cm³/mol. The minimum absolute atomic E-state index is 0.968. The summed E-state index contributed by atoms with van der Waals surface area (Å²) < 4.78 is 0. The van der Waals surface area contributed by atoms with E-state index < -0.39 is 0 Å². The Labute approximate surface area is 153 Å². The Kier molecular flexibility index (Phi) is 4.32. The summed E-state index contributed by atoms with van der Waals surface area (Å²) >= 11 is 0. The number of aliphatic imine (C=N–C) groups is 2. The molecule has 0 aromatic heterocycles. The Bertz CT molecular complexity index is 1060. The molecule has 26 heavy (non-hydrogen) atoms. The van der Waals surface area contributed by atoms with Gasteiger partial charge in [-0.15, -0.1) is 0 Å². The Morgan fingerprint density at radius 2 is 0.962 bits per heavy atom. The third-order valence-corrected chi connectivity index (χ3v) is 4.60. The number of rotatable bonds is 3. The van der Waals surface area contributed by atoms with E-state index in [1.54, 1.807) is 0 Å². The molecule has 0 unspecified atom stereocenters. The molecule has 0 spiro atoms. The van der Waals surface area contributed by atoms with Gasteiger partial charge in [0, 0.05) is 23.6 Å². The van der Waals surface area contributed by atoms with Crippen LogP contribution in [0.3, 0.4) is 0 Å². The summed E-state index contributed by atoms with van der Waals surface area (Å²) in [5.74, 6) is 0. The average Bonchev–Trinajstić information content (AvgIpc) is 2.69. The van der Waals surface area contributed by atoms with Crippen molar-refractivity contribution in [2.24, 2.45) is 9.98 Å². The van der Waals surface area contributed by atoms with Gasteiger partial charge in [0.2, 0.25) is 0 Å². The van der Waals surface area contributed by atoms with E-state index >= 15 is 0 Å². The summed E-state index contributed by atoms with van der Waals surface area (Å²) in [6, 6.07) is 25.4. The van der Waals surface area contributed by atoms with Gasteiger partial charge >= 0.3 is 0 Å². The maximum Gasteiger partial charge on any atom is 0.0711 e. The number of fused-ring (bicyclic) bond motifs is 2. The maximum absolute atomic E-state index is 4.66. The highest BCUT2D eigenvalue weighted by molar-refractivity contribution is 6.13. The van der Waals surface area contributed by atoms with E-state index in [4.69, 9.17) is 0 Å². The molecule has 4 rings (SSSR count). The molecule has 0 saturated carbocycles. The molecule has 0 atom stereocenters. The van der Waals surface area contributed by atoms with Gasteiger partial charge in [-0.1, -0.05) is 60.7 Å². The van der Waals surface area contributed by atoms with Gasteiger partial charge in [-0.2, -0.15) is 0 Å². The molecule has 0 amide bonds. The van der Waals surface area contributed by atoms with E-state index in [9.17, 15) is 0 Å². The SMILES string of the molecule is CC=Nc1ccc2ccccc2c1-c1c(N=CC)ccc2ccccc12. The van der Waals surface area contributed by atoms with Crippen molar-refractivity contribution in [2.45, 2.75) is 13.8 Å². The highest BCUT2D eigenvalue weighted by Crippen LogP contribution is 2.45. The van der Waals surface area contributed by atoms with Crippen LogP contribution in [0.25, 0.3) is 32.7 Å². The Balaban J connectivity index is 2.22. The lowest BCUT2D eigenvalue weighted by Crippen LogP contribution is -1.87. The largest absolute Gasteiger partial charge is 0.261 e. The molecular formula is C24H20N2. The molecule has 2 heteroatoms. The second-order valence-electron chi connectivity index (χ2n) is 6.14. The summed E-state index contributed by atoms with van der Waals surface area (Å²) in [6.45, 7) is 3.90. The van der Waals surface area contributed by atoms with E-state index in [0.717, 1.165) is 22.5 Å². The van der Waals surface area contributed by atoms with Crippen LogP contribution in [0.1, 0.15) is 13.8 Å².